The molecule has 2 amide bonds. The highest BCUT2D eigenvalue weighted by Gasteiger charge is 2.28. The second-order valence-corrected chi connectivity index (χ2v) is 6.65. The number of nitrogens with zero attached hydrogens (tertiary/aromatic N) is 1. The van der Waals surface area contributed by atoms with Gasteiger partial charge in [0.2, 0.25) is 11.8 Å². The number of methoxy groups -OCH3 is 1. The van der Waals surface area contributed by atoms with Crippen molar-refractivity contribution in [3.8, 4) is 5.75 Å². The van der Waals surface area contributed by atoms with E-state index in [-0.39, 0.29) is 18.2 Å². The molecule has 0 aromatic heterocycles. The summed E-state index contributed by atoms with van der Waals surface area (Å²) in [6, 6.07) is 14.1. The molecule has 2 rings (SSSR count). The predicted molar refractivity (Wildman–Crippen MR) is 107 cm³/mol. The molecule has 0 aliphatic carbocycles. The van der Waals surface area contributed by atoms with Gasteiger partial charge >= 0.3 is 0 Å². The van der Waals surface area contributed by atoms with Gasteiger partial charge < -0.3 is 15.0 Å². The van der Waals surface area contributed by atoms with Crippen LogP contribution in [0.2, 0.25) is 5.02 Å². The average molecular weight is 389 g/mol. The van der Waals surface area contributed by atoms with Gasteiger partial charge in [-0.3, -0.25) is 9.59 Å². The standard InChI is InChI=1S/C21H25ClN2O3/c1-4-19(21(26)23-2)24(14-16-6-5-7-18(12-16)27-3)20(25)13-15-8-10-17(22)11-9-15/h5-12,19H,4,13-14H2,1-3H3,(H,23,26)/t19-/m0/s1. The Labute approximate surface area is 165 Å². The number of hydrogen-bond acceptors (Lipinski definition) is 3. The minimum Gasteiger partial charge on any atom is -0.497 e. The normalized spacial score (nSPS) is 11.6. The number of hydrogen-bond donors (Lipinski definition) is 1. The maximum absolute atomic E-state index is 13.1. The molecule has 0 fully saturated rings. The van der Waals surface area contributed by atoms with Crippen LogP contribution in [0.5, 0.6) is 5.75 Å². The van der Waals surface area contributed by atoms with Crippen molar-refractivity contribution in [1.82, 2.24) is 10.2 Å². The molecule has 0 saturated carbocycles. The molecule has 0 saturated heterocycles. The van der Waals surface area contributed by atoms with Gasteiger partial charge in [0.1, 0.15) is 11.8 Å². The van der Waals surface area contributed by atoms with E-state index < -0.39 is 6.04 Å². The first-order chi connectivity index (χ1) is 13.0. The first-order valence-electron chi connectivity index (χ1n) is 8.87. The van der Waals surface area contributed by atoms with Crippen molar-refractivity contribution in [2.75, 3.05) is 14.2 Å². The van der Waals surface area contributed by atoms with Gasteiger partial charge in [-0.05, 0) is 41.8 Å². The molecule has 0 radical (unpaired) electrons. The van der Waals surface area contributed by atoms with Crippen LogP contribution in [-0.2, 0) is 22.6 Å². The second-order valence-electron chi connectivity index (χ2n) is 6.21. The van der Waals surface area contributed by atoms with E-state index in [4.69, 9.17) is 16.3 Å². The van der Waals surface area contributed by atoms with Crippen LogP contribution in [0.1, 0.15) is 24.5 Å². The molecule has 27 heavy (non-hydrogen) atoms. The van der Waals surface area contributed by atoms with Crippen LogP contribution in [0.3, 0.4) is 0 Å². The van der Waals surface area contributed by atoms with Gasteiger partial charge in [0, 0.05) is 18.6 Å². The van der Waals surface area contributed by atoms with Crippen LogP contribution >= 0.6 is 11.6 Å². The van der Waals surface area contributed by atoms with Crippen molar-refractivity contribution in [2.45, 2.75) is 32.4 Å². The van der Waals surface area contributed by atoms with Gasteiger partial charge in [-0.2, -0.15) is 0 Å². The molecule has 1 N–H and O–H groups in total. The molecule has 0 bridgehead atoms. The third kappa shape index (κ3) is 5.73. The van der Waals surface area contributed by atoms with Crippen LogP contribution in [0.4, 0.5) is 0 Å². The first kappa shape index (κ1) is 20.8. The van der Waals surface area contributed by atoms with E-state index in [1.54, 1.807) is 31.2 Å². The molecule has 1 atom stereocenters. The van der Waals surface area contributed by atoms with Crippen LogP contribution in [0.25, 0.3) is 0 Å². The number of rotatable bonds is 8. The minimum atomic E-state index is -0.541. The number of benzene rings is 2. The third-order valence-electron chi connectivity index (χ3n) is 4.39. The predicted octanol–water partition coefficient (Wildman–Crippen LogP) is 3.44. The van der Waals surface area contributed by atoms with E-state index in [2.05, 4.69) is 5.32 Å². The molecule has 6 heteroatoms. The smallest absolute Gasteiger partial charge is 0.242 e. The van der Waals surface area contributed by atoms with Crippen molar-refractivity contribution in [2.24, 2.45) is 0 Å². The summed E-state index contributed by atoms with van der Waals surface area (Å²) in [6.45, 7) is 2.23. The van der Waals surface area contributed by atoms with E-state index in [9.17, 15) is 9.59 Å². The van der Waals surface area contributed by atoms with Crippen LogP contribution < -0.4 is 10.1 Å². The van der Waals surface area contributed by atoms with Crippen molar-refractivity contribution in [1.29, 1.82) is 0 Å². The van der Waals surface area contributed by atoms with Crippen LogP contribution in [0, 0.1) is 0 Å². The highest BCUT2D eigenvalue weighted by Crippen LogP contribution is 2.19. The molecular formula is C21H25ClN2O3. The largest absolute Gasteiger partial charge is 0.497 e. The summed E-state index contributed by atoms with van der Waals surface area (Å²) in [5, 5.41) is 3.28. The van der Waals surface area contributed by atoms with E-state index >= 15 is 0 Å². The summed E-state index contributed by atoms with van der Waals surface area (Å²) in [7, 11) is 3.18. The zero-order valence-corrected chi connectivity index (χ0v) is 16.6. The highest BCUT2D eigenvalue weighted by atomic mass is 35.5. The number of halogens is 1. The Kier molecular flexibility index (Phi) is 7.67. The topological polar surface area (TPSA) is 58.6 Å². The van der Waals surface area contributed by atoms with Gasteiger partial charge in [0.05, 0.1) is 13.5 Å². The van der Waals surface area contributed by atoms with E-state index in [0.29, 0.717) is 23.7 Å². The molecule has 2 aromatic rings. The Morgan fingerprint density at radius 2 is 1.85 bits per heavy atom. The summed E-state index contributed by atoms with van der Waals surface area (Å²) in [5.41, 5.74) is 1.76. The quantitative estimate of drug-likeness (QED) is 0.753. The lowest BCUT2D eigenvalue weighted by molar-refractivity contribution is -0.140. The monoisotopic (exact) mass is 388 g/mol. The van der Waals surface area contributed by atoms with Gasteiger partial charge in [0.25, 0.3) is 0 Å². The van der Waals surface area contributed by atoms with Crippen molar-refractivity contribution in [3.63, 3.8) is 0 Å². The molecule has 0 aliphatic rings. The molecule has 0 spiro atoms. The maximum atomic E-state index is 13.1. The molecule has 0 unspecified atom stereocenters. The Morgan fingerprint density at radius 3 is 2.44 bits per heavy atom. The zero-order valence-electron chi connectivity index (χ0n) is 15.9. The average Bonchev–Trinajstić information content (AvgIpc) is 2.69. The Hall–Kier alpha value is -2.53. The summed E-state index contributed by atoms with van der Waals surface area (Å²) >= 11 is 5.92. The zero-order chi connectivity index (χ0) is 19.8. The fraction of sp³-hybridized carbons (Fsp3) is 0.333. The number of likely N-dealkylation sites (N-methyl/N-ethyl adjacent to an activating group) is 1. The van der Waals surface area contributed by atoms with Crippen LogP contribution in [0.15, 0.2) is 48.5 Å². The Balaban J connectivity index is 2.28. The van der Waals surface area contributed by atoms with Gasteiger partial charge in [-0.15, -0.1) is 0 Å². The van der Waals surface area contributed by atoms with Crippen molar-refractivity contribution < 1.29 is 14.3 Å². The highest BCUT2D eigenvalue weighted by molar-refractivity contribution is 6.30. The third-order valence-corrected chi connectivity index (χ3v) is 4.64. The number of carbonyl (C=O) groups is 2. The lowest BCUT2D eigenvalue weighted by atomic mass is 10.1. The maximum Gasteiger partial charge on any atom is 0.242 e. The number of carbonyl (C=O) groups excluding carboxylic acids is 2. The lowest BCUT2D eigenvalue weighted by Crippen LogP contribution is -2.48. The lowest BCUT2D eigenvalue weighted by Gasteiger charge is -2.30. The molecule has 144 valence electrons. The van der Waals surface area contributed by atoms with Gasteiger partial charge in [-0.25, -0.2) is 0 Å². The minimum absolute atomic E-state index is 0.115. The summed E-state index contributed by atoms with van der Waals surface area (Å²) in [4.78, 5) is 27.0. The molecule has 0 heterocycles. The summed E-state index contributed by atoms with van der Waals surface area (Å²) in [5.74, 6) is 0.422. The van der Waals surface area contributed by atoms with E-state index in [1.807, 2.05) is 43.3 Å². The van der Waals surface area contributed by atoms with Crippen LogP contribution in [-0.4, -0.2) is 36.9 Å². The SMILES string of the molecule is CC[C@@H](C(=O)NC)N(Cc1cccc(OC)c1)C(=O)Cc1ccc(Cl)cc1. The fourth-order valence-corrected chi connectivity index (χ4v) is 3.06. The number of nitrogens with one attached hydrogen (secondary N) is 1. The second kappa shape index (κ2) is 9.97. The fourth-order valence-electron chi connectivity index (χ4n) is 2.93. The van der Waals surface area contributed by atoms with Gasteiger partial charge in [0.15, 0.2) is 0 Å². The van der Waals surface area contributed by atoms with E-state index in [0.717, 1.165) is 11.1 Å². The molecular weight excluding hydrogens is 364 g/mol. The Morgan fingerprint density at radius 1 is 1.15 bits per heavy atom. The van der Waals surface area contributed by atoms with E-state index in [1.165, 1.54) is 0 Å². The van der Waals surface area contributed by atoms with Gasteiger partial charge in [-0.1, -0.05) is 42.8 Å². The molecule has 5 nitrogen and oxygen atoms in total. The number of ether oxygens (including phenoxy) is 1. The molecule has 2 aromatic carbocycles. The summed E-state index contributed by atoms with van der Waals surface area (Å²) in [6.07, 6.45) is 0.727. The first-order valence-corrected chi connectivity index (χ1v) is 9.24. The van der Waals surface area contributed by atoms with Crippen molar-refractivity contribution >= 4 is 23.4 Å². The van der Waals surface area contributed by atoms with Crippen molar-refractivity contribution in [3.05, 3.63) is 64.7 Å². The summed E-state index contributed by atoms with van der Waals surface area (Å²) < 4.78 is 5.26. The Bertz CT molecular complexity index is 777. The number of amides is 2. The molecule has 0 aliphatic heterocycles.